The number of furan rings is 1. The minimum atomic E-state index is -0.477. The summed E-state index contributed by atoms with van der Waals surface area (Å²) >= 11 is 3.38. The molecule has 0 radical (unpaired) electrons. The molecule has 1 aromatic carbocycles. The summed E-state index contributed by atoms with van der Waals surface area (Å²) in [6.45, 7) is 2.18. The number of nitrogens with two attached hydrogens (primary N) is 1. The highest BCUT2D eigenvalue weighted by Gasteiger charge is 2.14. The number of hydrogen-bond acceptors (Lipinski definition) is 4. The number of benzene rings is 1. The number of hydrogen-bond donors (Lipinski definition) is 2. The highest BCUT2D eigenvalue weighted by Crippen LogP contribution is 2.24. The van der Waals surface area contributed by atoms with E-state index in [-0.39, 0.29) is 12.4 Å². The Kier molecular flexibility index (Phi) is 4.24. The van der Waals surface area contributed by atoms with Crippen molar-refractivity contribution >= 4 is 21.8 Å². The van der Waals surface area contributed by atoms with Crippen molar-refractivity contribution < 1.29 is 13.9 Å². The van der Waals surface area contributed by atoms with Gasteiger partial charge in [0.15, 0.2) is 5.76 Å². The first-order valence-corrected chi connectivity index (χ1v) is 6.37. The van der Waals surface area contributed by atoms with Crippen molar-refractivity contribution in [1.82, 2.24) is 5.43 Å². The molecule has 0 spiro atoms. The Morgan fingerprint density at radius 1 is 1.47 bits per heavy atom. The number of amides is 1. The number of rotatable bonds is 4. The fourth-order valence-electron chi connectivity index (χ4n) is 1.60. The topological polar surface area (TPSA) is 77.5 Å². The van der Waals surface area contributed by atoms with Crippen LogP contribution in [-0.2, 0) is 6.61 Å². The van der Waals surface area contributed by atoms with Crippen LogP contribution in [0.25, 0.3) is 0 Å². The van der Waals surface area contributed by atoms with Gasteiger partial charge in [0, 0.05) is 10.0 Å². The van der Waals surface area contributed by atoms with Gasteiger partial charge in [-0.3, -0.25) is 10.2 Å². The SMILES string of the molecule is Cc1ccc(Br)cc1OCc1ccoc1C(=O)NN. The van der Waals surface area contributed by atoms with Crippen LogP contribution < -0.4 is 16.0 Å². The van der Waals surface area contributed by atoms with Gasteiger partial charge in [0.05, 0.1) is 6.26 Å². The molecule has 0 atom stereocenters. The van der Waals surface area contributed by atoms with E-state index in [2.05, 4.69) is 15.9 Å². The highest BCUT2D eigenvalue weighted by atomic mass is 79.9. The van der Waals surface area contributed by atoms with E-state index in [1.165, 1.54) is 6.26 Å². The first-order chi connectivity index (χ1) is 9.11. The van der Waals surface area contributed by atoms with Crippen LogP contribution in [0.2, 0.25) is 0 Å². The van der Waals surface area contributed by atoms with Gasteiger partial charge >= 0.3 is 5.91 Å². The molecule has 0 aliphatic heterocycles. The number of halogens is 1. The number of nitrogens with one attached hydrogen (secondary N) is 1. The molecule has 19 heavy (non-hydrogen) atoms. The maximum atomic E-state index is 11.4. The van der Waals surface area contributed by atoms with Gasteiger partial charge in [-0.2, -0.15) is 0 Å². The third-order valence-corrected chi connectivity index (χ3v) is 3.11. The lowest BCUT2D eigenvalue weighted by Crippen LogP contribution is -2.30. The van der Waals surface area contributed by atoms with Crippen LogP contribution in [0.15, 0.2) is 39.4 Å². The van der Waals surface area contributed by atoms with E-state index in [1.807, 2.05) is 30.5 Å². The fraction of sp³-hybridized carbons (Fsp3) is 0.154. The Bertz CT molecular complexity index is 595. The molecule has 3 N–H and O–H groups in total. The van der Waals surface area contributed by atoms with Crippen LogP contribution in [0, 0.1) is 6.92 Å². The first kappa shape index (κ1) is 13.6. The Labute approximate surface area is 118 Å². The van der Waals surface area contributed by atoms with Gasteiger partial charge in [-0.05, 0) is 30.7 Å². The van der Waals surface area contributed by atoms with Gasteiger partial charge in [-0.1, -0.05) is 22.0 Å². The van der Waals surface area contributed by atoms with Crippen molar-refractivity contribution in [1.29, 1.82) is 0 Å². The van der Waals surface area contributed by atoms with Crippen LogP contribution in [0.5, 0.6) is 5.75 Å². The largest absolute Gasteiger partial charge is 0.488 e. The van der Waals surface area contributed by atoms with Crippen molar-refractivity contribution in [3.05, 3.63) is 51.9 Å². The van der Waals surface area contributed by atoms with E-state index in [1.54, 1.807) is 6.07 Å². The second-order valence-corrected chi connectivity index (χ2v) is 4.86. The number of carbonyl (C=O) groups excluding carboxylic acids is 1. The third kappa shape index (κ3) is 3.15. The van der Waals surface area contributed by atoms with Crippen LogP contribution in [0.1, 0.15) is 21.7 Å². The van der Waals surface area contributed by atoms with Gasteiger partial charge in [-0.15, -0.1) is 0 Å². The molecule has 2 rings (SSSR count). The van der Waals surface area contributed by atoms with Crippen molar-refractivity contribution in [2.24, 2.45) is 5.84 Å². The lowest BCUT2D eigenvalue weighted by Gasteiger charge is -2.09. The first-order valence-electron chi connectivity index (χ1n) is 5.58. The van der Waals surface area contributed by atoms with Crippen LogP contribution >= 0.6 is 15.9 Å². The average Bonchev–Trinajstić information content (AvgIpc) is 2.87. The summed E-state index contributed by atoms with van der Waals surface area (Å²) in [5.74, 6) is 5.51. The normalized spacial score (nSPS) is 10.3. The molecule has 2 aromatic rings. The minimum absolute atomic E-state index is 0.162. The Morgan fingerprint density at radius 2 is 2.26 bits per heavy atom. The minimum Gasteiger partial charge on any atom is -0.488 e. The Hall–Kier alpha value is -1.79. The van der Waals surface area contributed by atoms with E-state index >= 15 is 0 Å². The van der Waals surface area contributed by atoms with Gasteiger partial charge < -0.3 is 9.15 Å². The second kappa shape index (κ2) is 5.90. The average molecular weight is 325 g/mol. The lowest BCUT2D eigenvalue weighted by molar-refractivity contribution is 0.0922. The zero-order chi connectivity index (χ0) is 13.8. The second-order valence-electron chi connectivity index (χ2n) is 3.95. The summed E-state index contributed by atoms with van der Waals surface area (Å²) in [7, 11) is 0. The van der Waals surface area contributed by atoms with Crippen molar-refractivity contribution in [2.75, 3.05) is 0 Å². The molecule has 0 unspecified atom stereocenters. The van der Waals surface area contributed by atoms with Crippen molar-refractivity contribution in [2.45, 2.75) is 13.5 Å². The number of carbonyl (C=O) groups is 1. The third-order valence-electron chi connectivity index (χ3n) is 2.62. The predicted molar refractivity (Wildman–Crippen MR) is 73.6 cm³/mol. The summed E-state index contributed by atoms with van der Waals surface area (Å²) < 4.78 is 11.7. The molecule has 0 saturated carbocycles. The Morgan fingerprint density at radius 3 is 3.00 bits per heavy atom. The molecule has 5 nitrogen and oxygen atoms in total. The van der Waals surface area contributed by atoms with Gasteiger partial charge in [0.25, 0.3) is 0 Å². The molecular formula is C13H13BrN2O3. The van der Waals surface area contributed by atoms with E-state index < -0.39 is 5.91 Å². The monoisotopic (exact) mass is 324 g/mol. The smallest absolute Gasteiger partial charge is 0.301 e. The molecule has 0 bridgehead atoms. The fourth-order valence-corrected chi connectivity index (χ4v) is 1.94. The van der Waals surface area contributed by atoms with Gasteiger partial charge in [-0.25, -0.2) is 5.84 Å². The number of aryl methyl sites for hydroxylation is 1. The molecule has 0 saturated heterocycles. The summed E-state index contributed by atoms with van der Waals surface area (Å²) in [6, 6.07) is 7.44. The van der Waals surface area contributed by atoms with E-state index in [0.717, 1.165) is 15.8 Å². The molecule has 0 fully saturated rings. The van der Waals surface area contributed by atoms with Gasteiger partial charge in [0.2, 0.25) is 0 Å². The van der Waals surface area contributed by atoms with Gasteiger partial charge in [0.1, 0.15) is 12.4 Å². The van der Waals surface area contributed by atoms with Crippen LogP contribution in [-0.4, -0.2) is 5.91 Å². The number of ether oxygens (including phenoxy) is 1. The molecule has 1 heterocycles. The maximum Gasteiger partial charge on any atom is 0.301 e. The maximum absolute atomic E-state index is 11.4. The quantitative estimate of drug-likeness (QED) is 0.514. The van der Waals surface area contributed by atoms with E-state index in [0.29, 0.717) is 5.56 Å². The molecule has 1 amide bonds. The van der Waals surface area contributed by atoms with Crippen molar-refractivity contribution in [3.8, 4) is 5.75 Å². The zero-order valence-corrected chi connectivity index (χ0v) is 11.9. The summed E-state index contributed by atoms with van der Waals surface area (Å²) in [5, 5.41) is 0. The standard InChI is InChI=1S/C13H13BrN2O3/c1-8-2-3-10(14)6-11(8)19-7-9-4-5-18-12(9)13(17)16-15/h2-6H,7,15H2,1H3,(H,16,17). The highest BCUT2D eigenvalue weighted by molar-refractivity contribution is 9.10. The Balaban J connectivity index is 2.13. The summed E-state index contributed by atoms with van der Waals surface area (Å²) in [6.07, 6.45) is 1.43. The molecule has 100 valence electrons. The predicted octanol–water partition coefficient (Wildman–Crippen LogP) is 2.53. The molecule has 6 heteroatoms. The van der Waals surface area contributed by atoms with E-state index in [9.17, 15) is 4.79 Å². The molecule has 0 aliphatic carbocycles. The molecule has 1 aromatic heterocycles. The zero-order valence-electron chi connectivity index (χ0n) is 10.3. The number of hydrazine groups is 1. The van der Waals surface area contributed by atoms with Crippen LogP contribution in [0.3, 0.4) is 0 Å². The number of nitrogen functional groups attached to an aromatic ring is 1. The lowest BCUT2D eigenvalue weighted by atomic mass is 10.2. The van der Waals surface area contributed by atoms with Crippen LogP contribution in [0.4, 0.5) is 0 Å². The summed E-state index contributed by atoms with van der Waals surface area (Å²) in [5.41, 5.74) is 3.68. The molecular weight excluding hydrogens is 312 g/mol. The summed E-state index contributed by atoms with van der Waals surface area (Å²) in [4.78, 5) is 11.4. The molecule has 0 aliphatic rings. The van der Waals surface area contributed by atoms with E-state index in [4.69, 9.17) is 15.0 Å². The van der Waals surface area contributed by atoms with Crippen molar-refractivity contribution in [3.63, 3.8) is 0 Å².